The lowest BCUT2D eigenvalue weighted by atomic mass is 10.2. The van der Waals surface area contributed by atoms with E-state index in [0.29, 0.717) is 12.6 Å². The fourth-order valence-corrected chi connectivity index (χ4v) is 1.49. The predicted octanol–water partition coefficient (Wildman–Crippen LogP) is 2.71. The van der Waals surface area contributed by atoms with Gasteiger partial charge in [-0.25, -0.2) is 0 Å². The van der Waals surface area contributed by atoms with Crippen LogP contribution in [0.1, 0.15) is 25.5 Å². The SMILES string of the molecule is CC(C)n1cc(Oc2ccc(CN)cc2)cn1. The van der Waals surface area contributed by atoms with Crippen LogP contribution in [0.4, 0.5) is 0 Å². The van der Waals surface area contributed by atoms with Gasteiger partial charge in [-0.2, -0.15) is 5.10 Å². The van der Waals surface area contributed by atoms with E-state index in [0.717, 1.165) is 17.1 Å². The van der Waals surface area contributed by atoms with Crippen LogP contribution in [-0.2, 0) is 6.54 Å². The lowest BCUT2D eigenvalue weighted by Gasteiger charge is -2.04. The molecular weight excluding hydrogens is 214 g/mol. The first kappa shape index (κ1) is 11.7. The summed E-state index contributed by atoms with van der Waals surface area (Å²) < 4.78 is 7.55. The molecule has 0 aliphatic heterocycles. The number of nitrogens with zero attached hydrogens (tertiary/aromatic N) is 2. The molecule has 0 bridgehead atoms. The molecule has 0 atom stereocenters. The molecule has 1 aromatic heterocycles. The fourth-order valence-electron chi connectivity index (χ4n) is 1.49. The van der Waals surface area contributed by atoms with Crippen LogP contribution in [0.2, 0.25) is 0 Å². The fraction of sp³-hybridized carbons (Fsp3) is 0.308. The quantitative estimate of drug-likeness (QED) is 0.880. The summed E-state index contributed by atoms with van der Waals surface area (Å²) in [5, 5.41) is 4.22. The lowest BCUT2D eigenvalue weighted by Crippen LogP contribution is -1.99. The highest BCUT2D eigenvalue weighted by Crippen LogP contribution is 2.21. The van der Waals surface area contributed by atoms with Crippen LogP contribution >= 0.6 is 0 Å². The third kappa shape index (κ3) is 2.85. The highest BCUT2D eigenvalue weighted by Gasteiger charge is 2.03. The third-order valence-electron chi connectivity index (χ3n) is 2.50. The standard InChI is InChI=1S/C13H17N3O/c1-10(2)16-9-13(8-15-16)17-12-5-3-11(7-14)4-6-12/h3-6,8-10H,7,14H2,1-2H3. The molecule has 4 heteroatoms. The average Bonchev–Trinajstić information content (AvgIpc) is 2.79. The first-order valence-corrected chi connectivity index (χ1v) is 5.70. The Morgan fingerprint density at radius 3 is 2.47 bits per heavy atom. The number of aromatic nitrogens is 2. The van der Waals surface area contributed by atoms with E-state index >= 15 is 0 Å². The van der Waals surface area contributed by atoms with Gasteiger partial charge in [-0.3, -0.25) is 4.68 Å². The second kappa shape index (κ2) is 5.01. The van der Waals surface area contributed by atoms with Crippen molar-refractivity contribution in [2.24, 2.45) is 5.73 Å². The molecule has 0 fully saturated rings. The summed E-state index contributed by atoms with van der Waals surface area (Å²) in [7, 11) is 0. The van der Waals surface area contributed by atoms with E-state index in [9.17, 15) is 0 Å². The van der Waals surface area contributed by atoms with Crippen molar-refractivity contribution < 1.29 is 4.74 Å². The van der Waals surface area contributed by atoms with Crippen molar-refractivity contribution in [2.75, 3.05) is 0 Å². The largest absolute Gasteiger partial charge is 0.454 e. The Labute approximate surface area is 101 Å². The van der Waals surface area contributed by atoms with Crippen molar-refractivity contribution in [3.05, 3.63) is 42.2 Å². The molecule has 0 amide bonds. The Morgan fingerprint density at radius 1 is 1.24 bits per heavy atom. The Kier molecular flexibility index (Phi) is 3.44. The molecule has 0 saturated carbocycles. The zero-order valence-corrected chi connectivity index (χ0v) is 10.1. The van der Waals surface area contributed by atoms with Crippen LogP contribution in [0, 0.1) is 0 Å². The summed E-state index contributed by atoms with van der Waals surface area (Å²) in [5.41, 5.74) is 6.63. The van der Waals surface area contributed by atoms with Crippen molar-refractivity contribution in [1.29, 1.82) is 0 Å². The maximum absolute atomic E-state index is 5.68. The molecule has 2 rings (SSSR count). The molecule has 90 valence electrons. The van der Waals surface area contributed by atoms with Crippen molar-refractivity contribution in [3.8, 4) is 11.5 Å². The predicted molar refractivity (Wildman–Crippen MR) is 67.0 cm³/mol. The van der Waals surface area contributed by atoms with Gasteiger partial charge in [-0.15, -0.1) is 0 Å². The van der Waals surface area contributed by atoms with Gasteiger partial charge in [0.25, 0.3) is 0 Å². The molecule has 2 aromatic rings. The highest BCUT2D eigenvalue weighted by atomic mass is 16.5. The number of hydrogen-bond donors (Lipinski definition) is 1. The molecule has 4 nitrogen and oxygen atoms in total. The maximum Gasteiger partial charge on any atom is 0.165 e. The minimum Gasteiger partial charge on any atom is -0.454 e. The average molecular weight is 231 g/mol. The molecule has 0 saturated heterocycles. The van der Waals surface area contributed by atoms with E-state index in [2.05, 4.69) is 18.9 Å². The first-order chi connectivity index (χ1) is 8.19. The molecule has 0 spiro atoms. The van der Waals surface area contributed by atoms with Gasteiger partial charge in [0.15, 0.2) is 5.75 Å². The Morgan fingerprint density at radius 2 is 1.94 bits per heavy atom. The van der Waals surface area contributed by atoms with E-state index < -0.39 is 0 Å². The van der Waals surface area contributed by atoms with Gasteiger partial charge in [0.2, 0.25) is 0 Å². The summed E-state index contributed by atoms with van der Waals surface area (Å²) >= 11 is 0. The topological polar surface area (TPSA) is 53.1 Å². The van der Waals surface area contributed by atoms with Crippen LogP contribution in [-0.4, -0.2) is 9.78 Å². The second-order valence-electron chi connectivity index (χ2n) is 4.20. The molecule has 0 radical (unpaired) electrons. The number of ether oxygens (including phenoxy) is 1. The van der Waals surface area contributed by atoms with Gasteiger partial charge in [0.05, 0.1) is 12.4 Å². The molecule has 0 unspecified atom stereocenters. The van der Waals surface area contributed by atoms with Gasteiger partial charge in [-0.05, 0) is 31.5 Å². The van der Waals surface area contributed by atoms with Crippen LogP contribution in [0.25, 0.3) is 0 Å². The molecule has 0 aliphatic rings. The Bertz CT molecular complexity index is 474. The number of benzene rings is 1. The van der Waals surface area contributed by atoms with Gasteiger partial charge in [0, 0.05) is 12.6 Å². The van der Waals surface area contributed by atoms with Crippen molar-refractivity contribution >= 4 is 0 Å². The van der Waals surface area contributed by atoms with E-state index in [1.807, 2.05) is 35.1 Å². The second-order valence-corrected chi connectivity index (χ2v) is 4.20. The minimum atomic E-state index is 0.340. The summed E-state index contributed by atoms with van der Waals surface area (Å²) in [6.07, 6.45) is 3.61. The van der Waals surface area contributed by atoms with Crippen LogP contribution in [0.3, 0.4) is 0 Å². The molecule has 2 N–H and O–H groups in total. The zero-order chi connectivity index (χ0) is 12.3. The molecule has 1 aromatic carbocycles. The third-order valence-corrected chi connectivity index (χ3v) is 2.50. The summed E-state index contributed by atoms with van der Waals surface area (Å²) in [5.74, 6) is 1.55. The minimum absolute atomic E-state index is 0.340. The molecule has 1 heterocycles. The van der Waals surface area contributed by atoms with Crippen LogP contribution < -0.4 is 10.5 Å². The normalized spacial score (nSPS) is 10.8. The maximum atomic E-state index is 5.68. The van der Waals surface area contributed by atoms with E-state index in [1.54, 1.807) is 6.20 Å². The van der Waals surface area contributed by atoms with E-state index in [4.69, 9.17) is 10.5 Å². The van der Waals surface area contributed by atoms with Crippen molar-refractivity contribution in [3.63, 3.8) is 0 Å². The number of nitrogens with two attached hydrogens (primary N) is 1. The molecule has 0 aliphatic carbocycles. The van der Waals surface area contributed by atoms with E-state index in [-0.39, 0.29) is 0 Å². The summed E-state index contributed by atoms with van der Waals surface area (Å²) in [4.78, 5) is 0. The van der Waals surface area contributed by atoms with Crippen molar-refractivity contribution in [2.45, 2.75) is 26.4 Å². The van der Waals surface area contributed by atoms with Crippen molar-refractivity contribution in [1.82, 2.24) is 9.78 Å². The Hall–Kier alpha value is -1.81. The zero-order valence-electron chi connectivity index (χ0n) is 10.1. The summed E-state index contributed by atoms with van der Waals surface area (Å²) in [6, 6.07) is 8.08. The summed E-state index contributed by atoms with van der Waals surface area (Å²) in [6.45, 7) is 4.70. The number of rotatable bonds is 4. The smallest absolute Gasteiger partial charge is 0.165 e. The van der Waals surface area contributed by atoms with Gasteiger partial charge >= 0.3 is 0 Å². The van der Waals surface area contributed by atoms with Crippen LogP contribution in [0.15, 0.2) is 36.7 Å². The van der Waals surface area contributed by atoms with E-state index in [1.165, 1.54) is 0 Å². The van der Waals surface area contributed by atoms with Gasteiger partial charge < -0.3 is 10.5 Å². The van der Waals surface area contributed by atoms with Crippen LogP contribution in [0.5, 0.6) is 11.5 Å². The molecular formula is C13H17N3O. The number of hydrogen-bond acceptors (Lipinski definition) is 3. The highest BCUT2D eigenvalue weighted by molar-refractivity contribution is 5.31. The van der Waals surface area contributed by atoms with Gasteiger partial charge in [-0.1, -0.05) is 12.1 Å². The lowest BCUT2D eigenvalue weighted by molar-refractivity contribution is 0.477. The first-order valence-electron chi connectivity index (χ1n) is 5.70. The Balaban J connectivity index is 2.08. The molecule has 17 heavy (non-hydrogen) atoms. The van der Waals surface area contributed by atoms with Gasteiger partial charge in [0.1, 0.15) is 5.75 Å². The monoisotopic (exact) mass is 231 g/mol.